The zero-order chi connectivity index (χ0) is 14.4. The Morgan fingerprint density at radius 1 is 1.10 bits per heavy atom. The zero-order valence-corrected chi connectivity index (χ0v) is 13.8. The molecule has 0 fully saturated rings. The van der Waals surface area contributed by atoms with Crippen LogP contribution < -0.4 is 5.32 Å². The second-order valence-electron chi connectivity index (χ2n) is 5.25. The molecule has 1 atom stereocenters. The van der Waals surface area contributed by atoms with E-state index in [2.05, 4.69) is 83.6 Å². The lowest BCUT2D eigenvalue weighted by molar-refractivity contribution is 0.595. The van der Waals surface area contributed by atoms with Crippen LogP contribution in [0, 0.1) is 6.92 Å². The monoisotopic (exact) mass is 331 g/mol. The molecule has 1 nitrogen and oxygen atoms in total. The number of nitrogens with one attached hydrogen (secondary N) is 1. The maximum Gasteiger partial charge on any atom is 0.0177 e. The fourth-order valence-corrected chi connectivity index (χ4v) is 2.86. The van der Waals surface area contributed by atoms with E-state index < -0.39 is 0 Å². The van der Waals surface area contributed by atoms with Gasteiger partial charge in [0, 0.05) is 16.9 Å². The quantitative estimate of drug-likeness (QED) is 0.809. The van der Waals surface area contributed by atoms with Gasteiger partial charge in [-0.2, -0.15) is 0 Å². The van der Waals surface area contributed by atoms with Gasteiger partial charge in [0.15, 0.2) is 0 Å². The van der Waals surface area contributed by atoms with E-state index in [9.17, 15) is 0 Å². The van der Waals surface area contributed by atoms with Crippen LogP contribution in [0.5, 0.6) is 0 Å². The van der Waals surface area contributed by atoms with Crippen LogP contribution in [0.2, 0.25) is 0 Å². The molecule has 106 valence electrons. The van der Waals surface area contributed by atoms with Crippen LogP contribution in [-0.2, 0) is 6.42 Å². The van der Waals surface area contributed by atoms with Crippen molar-refractivity contribution in [3.8, 4) is 0 Å². The summed E-state index contributed by atoms with van der Waals surface area (Å²) in [4.78, 5) is 0. The molecule has 0 saturated carbocycles. The Hall–Kier alpha value is -1.12. The average molecular weight is 332 g/mol. The third-order valence-corrected chi connectivity index (χ3v) is 4.05. The summed E-state index contributed by atoms with van der Waals surface area (Å²) in [6.45, 7) is 6.33. The lowest BCUT2D eigenvalue weighted by Gasteiger charge is -2.18. The van der Waals surface area contributed by atoms with Crippen molar-refractivity contribution in [2.45, 2.75) is 26.2 Å². The molecule has 0 heterocycles. The molecule has 1 N–H and O–H groups in total. The second kappa shape index (κ2) is 7.61. The number of rotatable bonds is 6. The van der Waals surface area contributed by atoms with Crippen LogP contribution in [0.15, 0.2) is 53.0 Å². The molecule has 1 unspecified atom stereocenters. The molecule has 2 aromatic rings. The van der Waals surface area contributed by atoms with E-state index in [1.54, 1.807) is 0 Å². The van der Waals surface area contributed by atoms with Crippen molar-refractivity contribution in [3.63, 3.8) is 0 Å². The van der Waals surface area contributed by atoms with Crippen molar-refractivity contribution < 1.29 is 0 Å². The van der Waals surface area contributed by atoms with Crippen LogP contribution in [0.3, 0.4) is 0 Å². The predicted octanol–water partition coefficient (Wildman–Crippen LogP) is 4.69. The van der Waals surface area contributed by atoms with Gasteiger partial charge in [-0.05, 0) is 43.1 Å². The van der Waals surface area contributed by atoms with Crippen LogP contribution >= 0.6 is 15.9 Å². The average Bonchev–Trinajstić information content (AvgIpc) is 2.44. The van der Waals surface area contributed by atoms with Crippen LogP contribution in [0.1, 0.15) is 29.5 Å². The standard InChI is InChI=1S/C18H22BrN/c1-3-20-13-17(16-9-7-14(2)8-10-16)11-15-5-4-6-18(19)12-15/h4-10,12,17,20H,3,11,13H2,1-2H3. The number of benzene rings is 2. The molecule has 0 bridgehead atoms. The third-order valence-electron chi connectivity index (χ3n) is 3.56. The Balaban J connectivity index is 2.16. The highest BCUT2D eigenvalue weighted by atomic mass is 79.9. The van der Waals surface area contributed by atoms with Crippen molar-refractivity contribution in [2.24, 2.45) is 0 Å². The van der Waals surface area contributed by atoms with Gasteiger partial charge < -0.3 is 5.32 Å². The van der Waals surface area contributed by atoms with Gasteiger partial charge in [0.25, 0.3) is 0 Å². The molecule has 0 saturated heterocycles. The molecule has 0 radical (unpaired) electrons. The molecular weight excluding hydrogens is 310 g/mol. The lowest BCUT2D eigenvalue weighted by atomic mass is 9.91. The summed E-state index contributed by atoms with van der Waals surface area (Å²) in [7, 11) is 0. The summed E-state index contributed by atoms with van der Waals surface area (Å²) >= 11 is 3.55. The Labute approximate surface area is 130 Å². The van der Waals surface area contributed by atoms with Gasteiger partial charge in [0.1, 0.15) is 0 Å². The van der Waals surface area contributed by atoms with Crippen molar-refractivity contribution >= 4 is 15.9 Å². The molecule has 2 heteroatoms. The van der Waals surface area contributed by atoms with Crippen molar-refractivity contribution in [2.75, 3.05) is 13.1 Å². The summed E-state index contributed by atoms with van der Waals surface area (Å²) in [6, 6.07) is 17.5. The van der Waals surface area contributed by atoms with E-state index in [4.69, 9.17) is 0 Å². The minimum atomic E-state index is 0.518. The van der Waals surface area contributed by atoms with E-state index in [0.29, 0.717) is 5.92 Å². The first-order chi connectivity index (χ1) is 9.69. The van der Waals surface area contributed by atoms with Crippen LogP contribution in [0.25, 0.3) is 0 Å². The fourth-order valence-electron chi connectivity index (χ4n) is 2.41. The number of hydrogen-bond acceptors (Lipinski definition) is 1. The van der Waals surface area contributed by atoms with E-state index >= 15 is 0 Å². The minimum Gasteiger partial charge on any atom is -0.316 e. The van der Waals surface area contributed by atoms with Gasteiger partial charge in [-0.1, -0.05) is 64.8 Å². The Kier molecular flexibility index (Phi) is 5.81. The topological polar surface area (TPSA) is 12.0 Å². The summed E-state index contributed by atoms with van der Waals surface area (Å²) in [5, 5.41) is 3.48. The number of likely N-dealkylation sites (N-methyl/N-ethyl adjacent to an activating group) is 1. The Bertz CT molecular complexity index is 533. The van der Waals surface area contributed by atoms with Gasteiger partial charge in [0.05, 0.1) is 0 Å². The molecule has 0 spiro atoms. The summed E-state index contributed by atoms with van der Waals surface area (Å²) < 4.78 is 1.15. The van der Waals surface area contributed by atoms with Gasteiger partial charge in [-0.25, -0.2) is 0 Å². The minimum absolute atomic E-state index is 0.518. The predicted molar refractivity (Wildman–Crippen MR) is 90.3 cm³/mol. The van der Waals surface area contributed by atoms with Crippen LogP contribution in [0.4, 0.5) is 0 Å². The van der Waals surface area contributed by atoms with E-state index in [0.717, 1.165) is 24.0 Å². The van der Waals surface area contributed by atoms with E-state index in [1.165, 1.54) is 16.7 Å². The van der Waals surface area contributed by atoms with Crippen LogP contribution in [-0.4, -0.2) is 13.1 Å². The number of hydrogen-bond donors (Lipinski definition) is 1. The van der Waals surface area contributed by atoms with Gasteiger partial charge in [-0.15, -0.1) is 0 Å². The van der Waals surface area contributed by atoms with Gasteiger partial charge >= 0.3 is 0 Å². The highest BCUT2D eigenvalue weighted by Gasteiger charge is 2.12. The first kappa shape index (κ1) is 15.3. The summed E-state index contributed by atoms with van der Waals surface area (Å²) in [5.74, 6) is 0.518. The van der Waals surface area contributed by atoms with Gasteiger partial charge in [-0.3, -0.25) is 0 Å². The van der Waals surface area contributed by atoms with Crippen molar-refractivity contribution in [3.05, 3.63) is 69.7 Å². The molecule has 0 aliphatic carbocycles. The second-order valence-corrected chi connectivity index (χ2v) is 6.17. The number of halogens is 1. The molecule has 0 aliphatic heterocycles. The largest absolute Gasteiger partial charge is 0.316 e. The maximum absolute atomic E-state index is 3.55. The number of aryl methyl sites for hydroxylation is 1. The smallest absolute Gasteiger partial charge is 0.0177 e. The SMILES string of the molecule is CCNCC(Cc1cccc(Br)c1)c1ccc(C)cc1. The third kappa shape index (κ3) is 4.46. The molecule has 20 heavy (non-hydrogen) atoms. The normalized spacial score (nSPS) is 12.3. The summed E-state index contributed by atoms with van der Waals surface area (Å²) in [5.41, 5.74) is 4.11. The molecule has 2 aromatic carbocycles. The molecule has 0 aliphatic rings. The zero-order valence-electron chi connectivity index (χ0n) is 12.2. The van der Waals surface area contributed by atoms with E-state index in [-0.39, 0.29) is 0 Å². The van der Waals surface area contributed by atoms with E-state index in [1.807, 2.05) is 0 Å². The first-order valence-electron chi connectivity index (χ1n) is 7.20. The highest BCUT2D eigenvalue weighted by Crippen LogP contribution is 2.22. The lowest BCUT2D eigenvalue weighted by Crippen LogP contribution is -2.22. The first-order valence-corrected chi connectivity index (χ1v) is 8.00. The highest BCUT2D eigenvalue weighted by molar-refractivity contribution is 9.10. The van der Waals surface area contributed by atoms with Crippen molar-refractivity contribution in [1.29, 1.82) is 0 Å². The molecule has 0 amide bonds. The summed E-state index contributed by atoms with van der Waals surface area (Å²) in [6.07, 6.45) is 1.06. The Morgan fingerprint density at radius 2 is 1.85 bits per heavy atom. The molecule has 0 aromatic heterocycles. The van der Waals surface area contributed by atoms with Crippen molar-refractivity contribution in [1.82, 2.24) is 5.32 Å². The maximum atomic E-state index is 3.55. The van der Waals surface area contributed by atoms with Gasteiger partial charge in [0.2, 0.25) is 0 Å². The Morgan fingerprint density at radius 3 is 2.50 bits per heavy atom. The molecular formula is C18H22BrN. The molecule has 2 rings (SSSR count). The fraction of sp³-hybridized carbons (Fsp3) is 0.333.